The van der Waals surface area contributed by atoms with Crippen LogP contribution in [-0.2, 0) is 17.7 Å². The zero-order valence-corrected chi connectivity index (χ0v) is 13.4. The van der Waals surface area contributed by atoms with Gasteiger partial charge in [0, 0.05) is 37.9 Å². The number of halogens is 1. The van der Waals surface area contributed by atoms with Crippen molar-refractivity contribution in [3.63, 3.8) is 0 Å². The molecule has 2 fully saturated rings. The van der Waals surface area contributed by atoms with Gasteiger partial charge < -0.3 is 4.74 Å². The summed E-state index contributed by atoms with van der Waals surface area (Å²) < 4.78 is 18.4. The number of aromatic nitrogens is 1. The first-order valence-electron chi connectivity index (χ1n) is 8.19. The number of hydrogen-bond donors (Lipinski definition) is 0. The molecule has 3 rings (SSSR count). The van der Waals surface area contributed by atoms with Gasteiger partial charge in [-0.3, -0.25) is 9.88 Å². The number of likely N-dealkylation sites (tertiary alicyclic amines) is 1. The van der Waals surface area contributed by atoms with Gasteiger partial charge in [0.05, 0.1) is 12.3 Å². The molecule has 0 aliphatic carbocycles. The van der Waals surface area contributed by atoms with E-state index in [4.69, 9.17) is 9.72 Å². The van der Waals surface area contributed by atoms with Crippen LogP contribution in [0.1, 0.15) is 50.1 Å². The second-order valence-electron chi connectivity index (χ2n) is 5.54. The van der Waals surface area contributed by atoms with Gasteiger partial charge in [-0.25, -0.2) is 4.39 Å². The maximum Gasteiger partial charge on any atom is 0.125 e. The van der Waals surface area contributed by atoms with Crippen molar-refractivity contribution in [2.45, 2.75) is 52.2 Å². The van der Waals surface area contributed by atoms with E-state index in [-0.39, 0.29) is 0 Å². The molecule has 1 aromatic rings. The highest BCUT2D eigenvalue weighted by atomic mass is 19.1. The fraction of sp³-hybridized carbons (Fsp3) is 0.706. The van der Waals surface area contributed by atoms with Gasteiger partial charge in [-0.15, -0.1) is 0 Å². The maximum absolute atomic E-state index is 12.9. The molecule has 1 atom stereocenters. The van der Waals surface area contributed by atoms with Gasteiger partial charge in [0.1, 0.15) is 6.17 Å². The number of alkyl halides is 1. The van der Waals surface area contributed by atoms with E-state index in [2.05, 4.69) is 24.0 Å². The number of rotatable bonds is 4. The third-order valence-electron chi connectivity index (χ3n) is 4.08. The lowest BCUT2D eigenvalue weighted by molar-refractivity contribution is 0.0576. The molecule has 3 heterocycles. The molecule has 2 aliphatic heterocycles. The number of aryl methyl sites for hydroxylation is 1. The Kier molecular flexibility index (Phi) is 6.12. The third-order valence-corrected chi connectivity index (χ3v) is 4.08. The van der Waals surface area contributed by atoms with E-state index in [1.165, 1.54) is 5.56 Å². The minimum atomic E-state index is -0.646. The van der Waals surface area contributed by atoms with Crippen LogP contribution in [0.15, 0.2) is 12.1 Å². The van der Waals surface area contributed by atoms with Gasteiger partial charge in [0.15, 0.2) is 0 Å². The lowest BCUT2D eigenvalue weighted by atomic mass is 9.95. The molecule has 3 nitrogen and oxygen atoms in total. The van der Waals surface area contributed by atoms with Gasteiger partial charge in [-0.05, 0) is 24.5 Å². The molecular formula is C17H27FN2O. The number of hydrogen-bond acceptors (Lipinski definition) is 3. The number of ether oxygens (including phenoxy) is 1. The van der Waals surface area contributed by atoms with Gasteiger partial charge in [0.25, 0.3) is 0 Å². The van der Waals surface area contributed by atoms with E-state index in [0.717, 1.165) is 44.0 Å². The molecule has 0 radical (unpaired) electrons. The summed E-state index contributed by atoms with van der Waals surface area (Å²) in [5.74, 6) is 0.468. The van der Waals surface area contributed by atoms with Crippen LogP contribution < -0.4 is 0 Å². The smallest absolute Gasteiger partial charge is 0.125 e. The van der Waals surface area contributed by atoms with Crippen molar-refractivity contribution in [1.82, 2.24) is 9.88 Å². The molecule has 0 saturated carbocycles. The molecule has 2 aliphatic rings. The van der Waals surface area contributed by atoms with Crippen LogP contribution in [0.4, 0.5) is 4.39 Å². The Morgan fingerprint density at radius 3 is 2.67 bits per heavy atom. The highest BCUT2D eigenvalue weighted by molar-refractivity contribution is 5.28. The second kappa shape index (κ2) is 7.85. The Labute approximate surface area is 127 Å². The van der Waals surface area contributed by atoms with Gasteiger partial charge >= 0.3 is 0 Å². The summed E-state index contributed by atoms with van der Waals surface area (Å²) in [5, 5.41) is 0. The Morgan fingerprint density at radius 1 is 1.33 bits per heavy atom. The summed E-state index contributed by atoms with van der Waals surface area (Å²) in [5.41, 5.74) is 3.55. The monoisotopic (exact) mass is 294 g/mol. The van der Waals surface area contributed by atoms with E-state index in [0.29, 0.717) is 19.0 Å². The molecule has 0 bridgehead atoms. The quantitative estimate of drug-likeness (QED) is 0.851. The summed E-state index contributed by atoms with van der Waals surface area (Å²) in [6.45, 7) is 9.64. The first-order valence-corrected chi connectivity index (χ1v) is 8.19. The molecule has 0 N–H and O–H groups in total. The van der Waals surface area contributed by atoms with Gasteiger partial charge in [-0.2, -0.15) is 0 Å². The van der Waals surface area contributed by atoms with E-state index in [1.807, 2.05) is 13.8 Å². The van der Waals surface area contributed by atoms with Crippen LogP contribution in [0.5, 0.6) is 0 Å². The molecule has 4 heteroatoms. The average molecular weight is 294 g/mol. The Bertz CT molecular complexity index is 440. The van der Waals surface area contributed by atoms with Crippen LogP contribution in [0.3, 0.4) is 0 Å². The molecule has 118 valence electrons. The predicted octanol–water partition coefficient (Wildman–Crippen LogP) is 3.33. The van der Waals surface area contributed by atoms with E-state index < -0.39 is 6.17 Å². The molecule has 0 spiro atoms. The summed E-state index contributed by atoms with van der Waals surface area (Å²) in [4.78, 5) is 6.89. The van der Waals surface area contributed by atoms with Crippen LogP contribution in [0.2, 0.25) is 0 Å². The highest BCUT2D eigenvalue weighted by Gasteiger charge is 2.28. The average Bonchev–Trinajstić information content (AvgIpc) is 3.01. The van der Waals surface area contributed by atoms with Gasteiger partial charge in [-0.1, -0.05) is 26.8 Å². The van der Waals surface area contributed by atoms with Crippen LogP contribution in [0.25, 0.3) is 0 Å². The minimum Gasteiger partial charge on any atom is -0.381 e. The lowest BCUT2D eigenvalue weighted by Crippen LogP contribution is -2.47. The fourth-order valence-corrected chi connectivity index (χ4v) is 2.88. The summed E-state index contributed by atoms with van der Waals surface area (Å²) in [6.07, 6.45) is 1.37. The summed E-state index contributed by atoms with van der Waals surface area (Å²) in [7, 11) is 0. The summed E-state index contributed by atoms with van der Waals surface area (Å²) in [6, 6.07) is 4.32. The topological polar surface area (TPSA) is 25.4 Å². The standard InChI is InChI=1S/C15H21FN2O.C2H6/c1-2-13-3-4-14(11-5-6-19-10-11)15(17-13)9-18-7-12(16)8-18;1-2/h3-4,11-12H,2,5-10H2,1H3;1-2H3. The van der Waals surface area contributed by atoms with E-state index in [9.17, 15) is 4.39 Å². The number of pyridine rings is 1. The van der Waals surface area contributed by atoms with Crippen molar-refractivity contribution in [1.29, 1.82) is 0 Å². The highest BCUT2D eigenvalue weighted by Crippen LogP contribution is 2.29. The van der Waals surface area contributed by atoms with Crippen molar-refractivity contribution >= 4 is 0 Å². The van der Waals surface area contributed by atoms with Crippen molar-refractivity contribution in [2.24, 2.45) is 0 Å². The molecular weight excluding hydrogens is 267 g/mol. The predicted molar refractivity (Wildman–Crippen MR) is 83.3 cm³/mol. The van der Waals surface area contributed by atoms with E-state index in [1.54, 1.807) is 0 Å². The summed E-state index contributed by atoms with van der Waals surface area (Å²) >= 11 is 0. The molecule has 21 heavy (non-hydrogen) atoms. The van der Waals surface area contributed by atoms with Gasteiger partial charge in [0.2, 0.25) is 0 Å². The SMILES string of the molecule is CC.CCc1ccc(C2CCOC2)c(CN2CC(F)C2)n1. The Hall–Kier alpha value is -1.00. The minimum absolute atomic E-state index is 0.468. The number of nitrogens with zero attached hydrogens (tertiary/aromatic N) is 2. The first-order chi connectivity index (χ1) is 10.3. The maximum atomic E-state index is 12.9. The fourth-order valence-electron chi connectivity index (χ4n) is 2.88. The Balaban J connectivity index is 0.000000774. The molecule has 0 aromatic carbocycles. The lowest BCUT2D eigenvalue weighted by Gasteiger charge is -2.34. The zero-order chi connectivity index (χ0) is 15.2. The molecule has 1 aromatic heterocycles. The molecule has 2 saturated heterocycles. The van der Waals surface area contributed by atoms with Crippen molar-refractivity contribution in [2.75, 3.05) is 26.3 Å². The second-order valence-corrected chi connectivity index (χ2v) is 5.54. The molecule has 1 unspecified atom stereocenters. The zero-order valence-electron chi connectivity index (χ0n) is 13.4. The van der Waals surface area contributed by atoms with Crippen molar-refractivity contribution in [3.8, 4) is 0 Å². The van der Waals surface area contributed by atoms with Crippen LogP contribution in [-0.4, -0.2) is 42.4 Å². The first kappa shape index (κ1) is 16.4. The van der Waals surface area contributed by atoms with Crippen LogP contribution >= 0.6 is 0 Å². The van der Waals surface area contributed by atoms with Crippen LogP contribution in [0, 0.1) is 0 Å². The largest absolute Gasteiger partial charge is 0.381 e. The Morgan fingerprint density at radius 2 is 2.10 bits per heavy atom. The van der Waals surface area contributed by atoms with Crippen molar-refractivity contribution in [3.05, 3.63) is 29.1 Å². The third kappa shape index (κ3) is 4.01. The molecule has 0 amide bonds. The van der Waals surface area contributed by atoms with E-state index >= 15 is 0 Å². The van der Waals surface area contributed by atoms with Crippen molar-refractivity contribution < 1.29 is 9.13 Å². The normalized spacial score (nSPS) is 22.6.